The molecule has 96 valence electrons. The third kappa shape index (κ3) is 2.97. The fraction of sp³-hybridized carbons (Fsp3) is 0.818. The van der Waals surface area contributed by atoms with E-state index in [-0.39, 0.29) is 11.5 Å². The molecule has 1 fully saturated rings. The Bertz CT molecular complexity index is 381. The molecular formula is C11H18ClN3O2. The normalized spacial score (nSPS) is 21.8. The van der Waals surface area contributed by atoms with E-state index in [0.29, 0.717) is 31.6 Å². The summed E-state index contributed by atoms with van der Waals surface area (Å²) in [4.78, 5) is 0. The fourth-order valence-electron chi connectivity index (χ4n) is 1.85. The van der Waals surface area contributed by atoms with Gasteiger partial charge in [-0.2, -0.15) is 0 Å². The van der Waals surface area contributed by atoms with E-state index in [1.807, 2.05) is 4.57 Å². The minimum atomic E-state index is -0.0876. The highest BCUT2D eigenvalue weighted by Crippen LogP contribution is 2.23. The standard InChI is InChI=1S/C11H18ClN3O2/c1-11(2,3)9-13-14-10(12)15(9)6-8-7-16-4-5-17-8/h8H,4-7H2,1-3H3. The van der Waals surface area contributed by atoms with Gasteiger partial charge in [0, 0.05) is 5.41 Å². The number of ether oxygens (including phenoxy) is 2. The van der Waals surface area contributed by atoms with E-state index >= 15 is 0 Å². The van der Waals surface area contributed by atoms with Crippen molar-refractivity contribution in [1.82, 2.24) is 14.8 Å². The maximum Gasteiger partial charge on any atom is 0.225 e. The van der Waals surface area contributed by atoms with Crippen molar-refractivity contribution in [1.29, 1.82) is 0 Å². The number of halogens is 1. The maximum atomic E-state index is 6.06. The van der Waals surface area contributed by atoms with Crippen molar-refractivity contribution in [3.05, 3.63) is 11.1 Å². The van der Waals surface area contributed by atoms with Crippen molar-refractivity contribution in [2.75, 3.05) is 19.8 Å². The Morgan fingerprint density at radius 3 is 2.71 bits per heavy atom. The van der Waals surface area contributed by atoms with Gasteiger partial charge in [0.25, 0.3) is 0 Å². The molecule has 1 atom stereocenters. The first-order chi connectivity index (χ1) is 7.98. The Hall–Kier alpha value is -0.650. The number of nitrogens with zero attached hydrogens (tertiary/aromatic N) is 3. The summed E-state index contributed by atoms with van der Waals surface area (Å²) in [6, 6.07) is 0. The molecule has 2 rings (SSSR count). The van der Waals surface area contributed by atoms with Crippen LogP contribution in [0.4, 0.5) is 0 Å². The van der Waals surface area contributed by atoms with Crippen molar-refractivity contribution < 1.29 is 9.47 Å². The minimum Gasteiger partial charge on any atom is -0.376 e. The molecule has 1 aromatic rings. The molecule has 1 aromatic heterocycles. The lowest BCUT2D eigenvalue weighted by Crippen LogP contribution is -2.34. The molecule has 0 amide bonds. The zero-order valence-electron chi connectivity index (χ0n) is 10.4. The highest BCUT2D eigenvalue weighted by atomic mass is 35.5. The second-order valence-corrected chi connectivity index (χ2v) is 5.56. The number of rotatable bonds is 2. The summed E-state index contributed by atoms with van der Waals surface area (Å²) >= 11 is 6.06. The summed E-state index contributed by atoms with van der Waals surface area (Å²) in [6.45, 7) is 8.79. The third-order valence-electron chi connectivity index (χ3n) is 2.65. The molecule has 2 heterocycles. The Labute approximate surface area is 106 Å². The molecule has 1 aliphatic heterocycles. The second kappa shape index (κ2) is 4.92. The topological polar surface area (TPSA) is 49.2 Å². The predicted octanol–water partition coefficient (Wildman–Crippen LogP) is 1.64. The zero-order valence-corrected chi connectivity index (χ0v) is 11.2. The van der Waals surface area contributed by atoms with Crippen LogP contribution < -0.4 is 0 Å². The molecule has 17 heavy (non-hydrogen) atoms. The van der Waals surface area contributed by atoms with E-state index in [0.717, 1.165) is 5.82 Å². The Morgan fingerprint density at radius 1 is 1.35 bits per heavy atom. The average molecular weight is 260 g/mol. The third-order valence-corrected chi connectivity index (χ3v) is 2.93. The summed E-state index contributed by atoms with van der Waals surface area (Å²) in [6.07, 6.45) is 0.0262. The zero-order chi connectivity index (χ0) is 12.5. The Kier molecular flexibility index (Phi) is 3.70. The van der Waals surface area contributed by atoms with Crippen LogP contribution >= 0.6 is 11.6 Å². The smallest absolute Gasteiger partial charge is 0.225 e. The highest BCUT2D eigenvalue weighted by molar-refractivity contribution is 6.28. The molecule has 1 aliphatic rings. The lowest BCUT2D eigenvalue weighted by Gasteiger charge is -2.26. The van der Waals surface area contributed by atoms with Crippen LogP contribution in [-0.4, -0.2) is 40.7 Å². The van der Waals surface area contributed by atoms with E-state index in [9.17, 15) is 0 Å². The highest BCUT2D eigenvalue weighted by Gasteiger charge is 2.26. The SMILES string of the molecule is CC(C)(C)c1nnc(Cl)n1CC1COCCO1. The van der Waals surface area contributed by atoms with E-state index in [4.69, 9.17) is 21.1 Å². The van der Waals surface area contributed by atoms with Crippen LogP contribution in [0.3, 0.4) is 0 Å². The van der Waals surface area contributed by atoms with Crippen LogP contribution in [0.5, 0.6) is 0 Å². The minimum absolute atomic E-state index is 0.0262. The molecule has 0 radical (unpaired) electrons. The second-order valence-electron chi connectivity index (χ2n) is 5.22. The van der Waals surface area contributed by atoms with Gasteiger partial charge in [-0.1, -0.05) is 20.8 Å². The molecule has 5 nitrogen and oxygen atoms in total. The number of hydrogen-bond acceptors (Lipinski definition) is 4. The summed E-state index contributed by atoms with van der Waals surface area (Å²) in [5, 5.41) is 8.47. The van der Waals surface area contributed by atoms with Gasteiger partial charge in [0.15, 0.2) is 0 Å². The fourth-order valence-corrected chi connectivity index (χ4v) is 2.03. The first-order valence-electron chi connectivity index (χ1n) is 5.77. The summed E-state index contributed by atoms with van der Waals surface area (Å²) in [7, 11) is 0. The van der Waals surface area contributed by atoms with Crippen molar-refractivity contribution >= 4 is 11.6 Å². The van der Waals surface area contributed by atoms with Crippen LogP contribution in [0.15, 0.2) is 0 Å². The summed E-state index contributed by atoms with van der Waals surface area (Å²) in [5.74, 6) is 0.872. The monoisotopic (exact) mass is 259 g/mol. The molecule has 0 aromatic carbocycles. The Morgan fingerprint density at radius 2 is 2.12 bits per heavy atom. The maximum absolute atomic E-state index is 6.06. The molecule has 1 saturated heterocycles. The number of hydrogen-bond donors (Lipinski definition) is 0. The molecule has 0 saturated carbocycles. The van der Waals surface area contributed by atoms with E-state index in [1.54, 1.807) is 0 Å². The molecule has 0 spiro atoms. The van der Waals surface area contributed by atoms with Crippen molar-refractivity contribution in [3.63, 3.8) is 0 Å². The van der Waals surface area contributed by atoms with Gasteiger partial charge < -0.3 is 9.47 Å². The lowest BCUT2D eigenvalue weighted by molar-refractivity contribution is -0.0939. The molecular weight excluding hydrogens is 242 g/mol. The van der Waals surface area contributed by atoms with Gasteiger partial charge in [0.2, 0.25) is 5.28 Å². The molecule has 1 unspecified atom stereocenters. The van der Waals surface area contributed by atoms with E-state index in [2.05, 4.69) is 31.0 Å². The van der Waals surface area contributed by atoms with Crippen LogP contribution in [0.25, 0.3) is 0 Å². The number of aromatic nitrogens is 3. The van der Waals surface area contributed by atoms with Gasteiger partial charge in [-0.05, 0) is 11.6 Å². The van der Waals surface area contributed by atoms with Gasteiger partial charge in [0.1, 0.15) is 5.82 Å². The van der Waals surface area contributed by atoms with E-state index in [1.165, 1.54) is 0 Å². The van der Waals surface area contributed by atoms with Crippen molar-refractivity contribution in [2.24, 2.45) is 0 Å². The summed E-state index contributed by atoms with van der Waals surface area (Å²) < 4.78 is 12.9. The average Bonchev–Trinajstić information content (AvgIpc) is 2.62. The van der Waals surface area contributed by atoms with Gasteiger partial charge in [-0.15, -0.1) is 10.2 Å². The van der Waals surface area contributed by atoms with Crippen LogP contribution in [0.1, 0.15) is 26.6 Å². The van der Waals surface area contributed by atoms with Crippen molar-refractivity contribution in [3.8, 4) is 0 Å². The molecule has 0 bridgehead atoms. The predicted molar refractivity (Wildman–Crippen MR) is 64.3 cm³/mol. The van der Waals surface area contributed by atoms with Crippen LogP contribution in [0, 0.1) is 0 Å². The van der Waals surface area contributed by atoms with Gasteiger partial charge >= 0.3 is 0 Å². The van der Waals surface area contributed by atoms with Gasteiger partial charge in [-0.3, -0.25) is 4.57 Å². The first kappa shape index (κ1) is 12.8. The quantitative estimate of drug-likeness (QED) is 0.810. The van der Waals surface area contributed by atoms with Crippen LogP contribution in [-0.2, 0) is 21.4 Å². The van der Waals surface area contributed by atoms with Crippen molar-refractivity contribution in [2.45, 2.75) is 38.8 Å². The van der Waals surface area contributed by atoms with Gasteiger partial charge in [0.05, 0.1) is 32.5 Å². The first-order valence-corrected chi connectivity index (χ1v) is 6.15. The van der Waals surface area contributed by atoms with Crippen LogP contribution in [0.2, 0.25) is 5.28 Å². The molecule has 6 heteroatoms. The summed E-state index contributed by atoms with van der Waals surface area (Å²) in [5.41, 5.74) is -0.0876. The molecule has 0 N–H and O–H groups in total. The van der Waals surface area contributed by atoms with E-state index < -0.39 is 0 Å². The largest absolute Gasteiger partial charge is 0.376 e. The molecule has 0 aliphatic carbocycles. The lowest BCUT2D eigenvalue weighted by atomic mass is 9.95. The Balaban J connectivity index is 2.16. The van der Waals surface area contributed by atoms with Gasteiger partial charge in [-0.25, -0.2) is 0 Å².